The SMILES string of the molecule is COCCCN1C(=O)c2ccc(NC(=O)Nc3cc(C)ccc3O)cc2C1=O. The molecule has 3 rings (SSSR count). The molecule has 28 heavy (non-hydrogen) atoms. The van der Waals surface area contributed by atoms with Gasteiger partial charge >= 0.3 is 6.03 Å². The summed E-state index contributed by atoms with van der Waals surface area (Å²) in [5.41, 5.74) is 2.07. The van der Waals surface area contributed by atoms with E-state index < -0.39 is 11.9 Å². The Hall–Kier alpha value is -3.39. The van der Waals surface area contributed by atoms with E-state index in [0.29, 0.717) is 24.3 Å². The van der Waals surface area contributed by atoms with Gasteiger partial charge in [0.05, 0.1) is 16.8 Å². The number of phenolic OH excluding ortho intramolecular Hbond substituents is 1. The van der Waals surface area contributed by atoms with Crippen LogP contribution in [0.15, 0.2) is 36.4 Å². The van der Waals surface area contributed by atoms with Crippen molar-refractivity contribution < 1.29 is 24.2 Å². The van der Waals surface area contributed by atoms with Gasteiger partial charge in [0, 0.05) is 25.9 Å². The Morgan fingerprint density at radius 1 is 1.07 bits per heavy atom. The minimum Gasteiger partial charge on any atom is -0.506 e. The third kappa shape index (κ3) is 3.96. The fourth-order valence-corrected chi connectivity index (χ4v) is 2.97. The molecule has 1 aliphatic heterocycles. The number of hydrogen-bond donors (Lipinski definition) is 3. The number of aromatic hydroxyl groups is 1. The van der Waals surface area contributed by atoms with Crippen LogP contribution < -0.4 is 10.6 Å². The lowest BCUT2D eigenvalue weighted by Crippen LogP contribution is -2.31. The molecule has 0 atom stereocenters. The zero-order chi connectivity index (χ0) is 20.3. The molecule has 146 valence electrons. The Labute approximate surface area is 162 Å². The average Bonchev–Trinajstić information content (AvgIpc) is 2.89. The Bertz CT molecular complexity index is 941. The van der Waals surface area contributed by atoms with Crippen molar-refractivity contribution in [3.8, 4) is 5.75 Å². The molecule has 0 saturated heterocycles. The maximum absolute atomic E-state index is 12.5. The second kappa shape index (κ2) is 8.10. The largest absolute Gasteiger partial charge is 0.506 e. The number of carbonyl (C=O) groups is 3. The highest BCUT2D eigenvalue weighted by atomic mass is 16.5. The van der Waals surface area contributed by atoms with Crippen LogP contribution in [0.1, 0.15) is 32.7 Å². The van der Waals surface area contributed by atoms with Gasteiger partial charge in [0.2, 0.25) is 0 Å². The molecule has 1 heterocycles. The number of imide groups is 1. The Balaban J connectivity index is 1.71. The minimum atomic E-state index is -0.574. The lowest BCUT2D eigenvalue weighted by Gasteiger charge is -2.12. The number of rotatable bonds is 6. The first-order valence-electron chi connectivity index (χ1n) is 8.77. The van der Waals surface area contributed by atoms with Gasteiger partial charge < -0.3 is 20.5 Å². The summed E-state index contributed by atoms with van der Waals surface area (Å²) in [6.07, 6.45) is 0.551. The van der Waals surface area contributed by atoms with Crippen molar-refractivity contribution in [1.82, 2.24) is 4.90 Å². The summed E-state index contributed by atoms with van der Waals surface area (Å²) in [6.45, 7) is 2.56. The van der Waals surface area contributed by atoms with Gasteiger partial charge in [0.1, 0.15) is 5.75 Å². The van der Waals surface area contributed by atoms with E-state index in [4.69, 9.17) is 4.74 Å². The van der Waals surface area contributed by atoms with Crippen molar-refractivity contribution in [3.63, 3.8) is 0 Å². The van der Waals surface area contributed by atoms with Crippen LogP contribution in [-0.4, -0.2) is 48.1 Å². The van der Waals surface area contributed by atoms with Crippen LogP contribution in [0.2, 0.25) is 0 Å². The number of methoxy groups -OCH3 is 1. The van der Waals surface area contributed by atoms with E-state index >= 15 is 0 Å². The van der Waals surface area contributed by atoms with E-state index in [0.717, 1.165) is 5.56 Å². The lowest BCUT2D eigenvalue weighted by molar-refractivity contribution is 0.0638. The lowest BCUT2D eigenvalue weighted by atomic mass is 10.1. The van der Waals surface area contributed by atoms with E-state index in [9.17, 15) is 19.5 Å². The summed E-state index contributed by atoms with van der Waals surface area (Å²) in [7, 11) is 1.56. The first-order chi connectivity index (χ1) is 13.4. The molecule has 4 amide bonds. The molecule has 0 bridgehead atoms. The number of hydrogen-bond acceptors (Lipinski definition) is 5. The van der Waals surface area contributed by atoms with Crippen LogP contribution in [0.5, 0.6) is 5.75 Å². The van der Waals surface area contributed by atoms with Crippen LogP contribution in [-0.2, 0) is 4.74 Å². The highest BCUT2D eigenvalue weighted by molar-refractivity contribution is 6.22. The van der Waals surface area contributed by atoms with E-state index in [-0.39, 0.29) is 29.5 Å². The van der Waals surface area contributed by atoms with Gasteiger partial charge in [0.25, 0.3) is 11.8 Å². The smallest absolute Gasteiger partial charge is 0.323 e. The van der Waals surface area contributed by atoms with Gasteiger partial charge in [-0.2, -0.15) is 0 Å². The van der Waals surface area contributed by atoms with Crippen molar-refractivity contribution in [2.45, 2.75) is 13.3 Å². The maximum Gasteiger partial charge on any atom is 0.323 e. The highest BCUT2D eigenvalue weighted by Crippen LogP contribution is 2.27. The van der Waals surface area contributed by atoms with Gasteiger partial charge in [-0.25, -0.2) is 4.79 Å². The Kier molecular flexibility index (Phi) is 5.60. The quantitative estimate of drug-likeness (QED) is 0.404. The van der Waals surface area contributed by atoms with Gasteiger partial charge in [-0.3, -0.25) is 14.5 Å². The summed E-state index contributed by atoms with van der Waals surface area (Å²) in [5.74, 6) is -0.796. The minimum absolute atomic E-state index is 0.0535. The molecule has 0 aromatic heterocycles. The number of anilines is 2. The molecule has 0 aliphatic carbocycles. The number of phenols is 1. The molecule has 2 aromatic carbocycles. The normalized spacial score (nSPS) is 12.9. The fourth-order valence-electron chi connectivity index (χ4n) is 2.97. The summed E-state index contributed by atoms with van der Waals surface area (Å²) < 4.78 is 4.96. The number of benzene rings is 2. The van der Waals surface area contributed by atoms with Crippen molar-refractivity contribution in [1.29, 1.82) is 0 Å². The third-order valence-corrected chi connectivity index (χ3v) is 4.36. The zero-order valence-corrected chi connectivity index (χ0v) is 15.6. The summed E-state index contributed by atoms with van der Waals surface area (Å²) in [4.78, 5) is 38.3. The van der Waals surface area contributed by atoms with Crippen molar-refractivity contribution in [2.75, 3.05) is 30.9 Å². The molecule has 0 fully saturated rings. The predicted octanol–water partition coefficient (Wildman–Crippen LogP) is 2.98. The Morgan fingerprint density at radius 3 is 2.57 bits per heavy atom. The van der Waals surface area contributed by atoms with Crippen LogP contribution in [0.25, 0.3) is 0 Å². The molecular formula is C20H21N3O5. The van der Waals surface area contributed by atoms with Gasteiger partial charge in [-0.1, -0.05) is 6.07 Å². The summed E-state index contributed by atoms with van der Waals surface area (Å²) in [6, 6.07) is 8.82. The van der Waals surface area contributed by atoms with Crippen molar-refractivity contribution in [3.05, 3.63) is 53.1 Å². The molecule has 0 radical (unpaired) electrons. The highest BCUT2D eigenvalue weighted by Gasteiger charge is 2.35. The van der Waals surface area contributed by atoms with Crippen LogP contribution in [0.4, 0.5) is 16.2 Å². The number of carbonyl (C=O) groups excluding carboxylic acids is 3. The van der Waals surface area contributed by atoms with E-state index in [1.165, 1.54) is 23.1 Å². The second-order valence-corrected chi connectivity index (χ2v) is 6.47. The number of ether oxygens (including phenoxy) is 1. The van der Waals surface area contributed by atoms with E-state index in [2.05, 4.69) is 10.6 Å². The topological polar surface area (TPSA) is 108 Å². The standard InChI is InChI=1S/C20H21N3O5/c1-12-4-7-17(24)16(10-12)22-20(27)21-13-5-6-14-15(11-13)19(26)23(18(14)25)8-3-9-28-2/h4-7,10-11,24H,3,8-9H2,1-2H3,(H2,21,22,27). The fraction of sp³-hybridized carbons (Fsp3) is 0.250. The molecule has 0 spiro atoms. The number of fused-ring (bicyclic) bond motifs is 1. The van der Waals surface area contributed by atoms with Crippen LogP contribution in [0.3, 0.4) is 0 Å². The number of nitrogens with zero attached hydrogens (tertiary/aromatic N) is 1. The van der Waals surface area contributed by atoms with E-state index in [1.54, 1.807) is 25.3 Å². The number of amides is 4. The molecule has 8 heteroatoms. The first kappa shape index (κ1) is 19.4. The molecule has 1 aliphatic rings. The third-order valence-electron chi connectivity index (χ3n) is 4.36. The second-order valence-electron chi connectivity index (χ2n) is 6.47. The van der Waals surface area contributed by atoms with Gasteiger partial charge in [-0.15, -0.1) is 0 Å². The monoisotopic (exact) mass is 383 g/mol. The number of aryl methyl sites for hydroxylation is 1. The van der Waals surface area contributed by atoms with Gasteiger partial charge in [-0.05, 0) is 49.2 Å². The maximum atomic E-state index is 12.5. The molecule has 2 aromatic rings. The molecule has 0 saturated carbocycles. The number of nitrogens with one attached hydrogen (secondary N) is 2. The zero-order valence-electron chi connectivity index (χ0n) is 15.6. The summed E-state index contributed by atoms with van der Waals surface area (Å²) >= 11 is 0. The first-order valence-corrected chi connectivity index (χ1v) is 8.77. The van der Waals surface area contributed by atoms with E-state index in [1.807, 2.05) is 6.92 Å². The molecular weight excluding hydrogens is 362 g/mol. The van der Waals surface area contributed by atoms with Crippen molar-refractivity contribution in [2.24, 2.45) is 0 Å². The van der Waals surface area contributed by atoms with Crippen LogP contribution in [0, 0.1) is 6.92 Å². The average molecular weight is 383 g/mol. The van der Waals surface area contributed by atoms with Crippen LogP contribution >= 0.6 is 0 Å². The van der Waals surface area contributed by atoms with Crippen molar-refractivity contribution >= 4 is 29.2 Å². The number of urea groups is 1. The predicted molar refractivity (Wildman–Crippen MR) is 104 cm³/mol. The summed E-state index contributed by atoms with van der Waals surface area (Å²) in [5, 5.41) is 15.0. The Morgan fingerprint density at radius 2 is 1.82 bits per heavy atom. The molecule has 3 N–H and O–H groups in total. The molecule has 8 nitrogen and oxygen atoms in total. The van der Waals surface area contributed by atoms with Gasteiger partial charge in [0.15, 0.2) is 0 Å². The molecule has 0 unspecified atom stereocenters.